The van der Waals surface area contributed by atoms with Gasteiger partial charge in [-0.05, 0) is 36.4 Å². The predicted molar refractivity (Wildman–Crippen MR) is 80.2 cm³/mol. The smallest absolute Gasteiger partial charge is 0.339 e. The molecule has 6 nitrogen and oxygen atoms in total. The molecule has 0 heterocycles. The molecule has 0 spiro atoms. The molecule has 2 aromatic carbocycles. The Morgan fingerprint density at radius 1 is 0.739 bits per heavy atom. The molecule has 2 aromatic rings. The van der Waals surface area contributed by atoms with Gasteiger partial charge in [-0.3, -0.25) is 0 Å². The van der Waals surface area contributed by atoms with Crippen LogP contribution in [0.3, 0.4) is 0 Å². The second kappa shape index (κ2) is 9.35. The van der Waals surface area contributed by atoms with Gasteiger partial charge in [-0.2, -0.15) is 0 Å². The van der Waals surface area contributed by atoms with Crippen LogP contribution in [0.25, 0.3) is 0 Å². The summed E-state index contributed by atoms with van der Waals surface area (Å²) in [6.07, 6.45) is 0. The summed E-state index contributed by atoms with van der Waals surface area (Å²) in [6, 6.07) is 7.69. The molecular weight excluding hydrogens is 400 g/mol. The molecular formula is C14H10Cl2O6Zn. The molecule has 0 aromatic heterocycles. The molecule has 23 heavy (non-hydrogen) atoms. The molecule has 0 amide bonds. The van der Waals surface area contributed by atoms with Crippen LogP contribution < -0.4 is 0 Å². The van der Waals surface area contributed by atoms with Crippen molar-refractivity contribution in [2.75, 3.05) is 0 Å². The molecule has 0 atom stereocenters. The summed E-state index contributed by atoms with van der Waals surface area (Å²) in [5.74, 6) is -2.96. The Labute approximate surface area is 153 Å². The molecule has 9 heteroatoms. The van der Waals surface area contributed by atoms with Crippen molar-refractivity contribution in [3.05, 3.63) is 57.6 Å². The van der Waals surface area contributed by atoms with Gasteiger partial charge in [-0.15, -0.1) is 0 Å². The van der Waals surface area contributed by atoms with E-state index in [2.05, 4.69) is 0 Å². The van der Waals surface area contributed by atoms with Crippen molar-refractivity contribution in [1.82, 2.24) is 0 Å². The maximum absolute atomic E-state index is 10.3. The zero-order chi connectivity index (χ0) is 16.9. The van der Waals surface area contributed by atoms with Crippen LogP contribution >= 0.6 is 23.2 Å². The minimum absolute atomic E-state index is 0. The number of halogens is 2. The van der Waals surface area contributed by atoms with Gasteiger partial charge in [0.2, 0.25) is 0 Å². The summed E-state index contributed by atoms with van der Waals surface area (Å²) >= 11 is 10.9. The minimum atomic E-state index is -1.17. The van der Waals surface area contributed by atoms with E-state index in [1.165, 1.54) is 36.4 Å². The Balaban J connectivity index is 0.000000403. The topological polar surface area (TPSA) is 115 Å². The van der Waals surface area contributed by atoms with Crippen molar-refractivity contribution in [2.24, 2.45) is 0 Å². The van der Waals surface area contributed by atoms with E-state index < -0.39 is 11.9 Å². The molecule has 0 fully saturated rings. The second-order valence-corrected chi connectivity index (χ2v) is 4.81. The van der Waals surface area contributed by atoms with Gasteiger partial charge >= 0.3 is 11.9 Å². The molecule has 0 unspecified atom stereocenters. The van der Waals surface area contributed by atoms with Gasteiger partial charge in [0.15, 0.2) is 0 Å². The minimum Gasteiger partial charge on any atom is -0.507 e. The van der Waals surface area contributed by atoms with E-state index >= 15 is 0 Å². The van der Waals surface area contributed by atoms with Crippen LogP contribution in [0.4, 0.5) is 0 Å². The van der Waals surface area contributed by atoms with E-state index in [0.29, 0.717) is 10.0 Å². The standard InChI is InChI=1S/2C7H5ClO3.Zn/c2*8-4-1-2-5(7(10)11)6(9)3-4;/h2*1-3,9H,(H,10,11);. The maximum atomic E-state index is 10.3. The first kappa shape index (κ1) is 21.2. The number of hydrogen-bond acceptors (Lipinski definition) is 4. The van der Waals surface area contributed by atoms with Crippen molar-refractivity contribution in [1.29, 1.82) is 0 Å². The summed E-state index contributed by atoms with van der Waals surface area (Å²) in [5.41, 5.74) is -0.288. The molecule has 0 aliphatic rings. The van der Waals surface area contributed by atoms with Crippen LogP contribution in [0.5, 0.6) is 11.5 Å². The van der Waals surface area contributed by atoms with E-state index in [1.54, 1.807) is 0 Å². The number of hydrogen-bond donors (Lipinski definition) is 4. The van der Waals surface area contributed by atoms with Gasteiger partial charge < -0.3 is 20.4 Å². The first-order chi connectivity index (χ1) is 10.2. The van der Waals surface area contributed by atoms with Crippen molar-refractivity contribution >= 4 is 35.1 Å². The van der Waals surface area contributed by atoms with E-state index in [-0.39, 0.29) is 42.1 Å². The molecule has 0 saturated heterocycles. The number of aromatic hydroxyl groups is 2. The number of carboxylic acids is 2. The Kier molecular flexibility index (Phi) is 8.61. The second-order valence-electron chi connectivity index (χ2n) is 3.93. The van der Waals surface area contributed by atoms with Gasteiger partial charge in [0.25, 0.3) is 0 Å². The molecule has 4 N–H and O–H groups in total. The SMILES string of the molecule is O=C(O)c1ccc(Cl)cc1O.O=C(O)c1ccc(Cl)cc1O.[Zn]. The number of phenols is 2. The number of carbonyl (C=O) groups is 2. The monoisotopic (exact) mass is 408 g/mol. The number of rotatable bonds is 2. The Morgan fingerprint density at radius 2 is 1.04 bits per heavy atom. The Morgan fingerprint density at radius 3 is 1.26 bits per heavy atom. The molecule has 0 aliphatic carbocycles. The van der Waals surface area contributed by atoms with Crippen molar-refractivity contribution in [2.45, 2.75) is 0 Å². The summed E-state index contributed by atoms with van der Waals surface area (Å²) in [6.45, 7) is 0. The number of aromatic carboxylic acids is 2. The first-order valence-corrected chi connectivity index (χ1v) is 6.41. The third kappa shape index (κ3) is 6.44. The molecule has 0 saturated carbocycles. The fourth-order valence-corrected chi connectivity index (χ4v) is 1.70. The predicted octanol–water partition coefficient (Wildman–Crippen LogP) is 3.49. The maximum Gasteiger partial charge on any atom is 0.339 e. The Bertz CT molecular complexity index is 659. The molecule has 0 radical (unpaired) electrons. The zero-order valence-electron chi connectivity index (χ0n) is 11.5. The third-order valence-corrected chi connectivity index (χ3v) is 2.85. The number of benzene rings is 2. The van der Waals surface area contributed by atoms with Gasteiger partial charge in [-0.1, -0.05) is 23.2 Å². The van der Waals surface area contributed by atoms with Crippen LogP contribution in [0.15, 0.2) is 36.4 Å². The summed E-state index contributed by atoms with van der Waals surface area (Å²) in [7, 11) is 0. The molecule has 118 valence electrons. The first-order valence-electron chi connectivity index (χ1n) is 5.66. The van der Waals surface area contributed by atoms with Crippen LogP contribution in [0.1, 0.15) is 20.7 Å². The fourth-order valence-electron chi connectivity index (χ4n) is 1.37. The van der Waals surface area contributed by atoms with Crippen LogP contribution in [0, 0.1) is 0 Å². The average Bonchev–Trinajstić information content (AvgIpc) is 2.38. The molecule has 0 bridgehead atoms. The fraction of sp³-hybridized carbons (Fsp3) is 0. The van der Waals surface area contributed by atoms with E-state index in [0.717, 1.165) is 0 Å². The normalized spacial score (nSPS) is 9.13. The van der Waals surface area contributed by atoms with Gasteiger partial charge in [0.05, 0.1) is 0 Å². The van der Waals surface area contributed by atoms with Gasteiger partial charge in [0, 0.05) is 29.5 Å². The average molecular weight is 411 g/mol. The summed E-state index contributed by atoms with van der Waals surface area (Å²) < 4.78 is 0. The van der Waals surface area contributed by atoms with E-state index in [1.807, 2.05) is 0 Å². The van der Waals surface area contributed by atoms with Crippen LogP contribution in [-0.2, 0) is 19.5 Å². The zero-order valence-corrected chi connectivity index (χ0v) is 16.0. The molecule has 2 rings (SSSR count). The van der Waals surface area contributed by atoms with Crippen molar-refractivity contribution in [3.63, 3.8) is 0 Å². The van der Waals surface area contributed by atoms with Crippen LogP contribution in [0.2, 0.25) is 10.0 Å². The third-order valence-electron chi connectivity index (χ3n) is 2.38. The van der Waals surface area contributed by atoms with Crippen molar-refractivity contribution < 1.29 is 49.5 Å². The quantitative estimate of drug-likeness (QED) is 0.564. The van der Waals surface area contributed by atoms with E-state index in [9.17, 15) is 9.59 Å². The summed E-state index contributed by atoms with van der Waals surface area (Å²) in [5, 5.41) is 35.5. The summed E-state index contributed by atoms with van der Waals surface area (Å²) in [4.78, 5) is 20.7. The largest absolute Gasteiger partial charge is 0.507 e. The van der Waals surface area contributed by atoms with Gasteiger partial charge in [-0.25, -0.2) is 9.59 Å². The van der Waals surface area contributed by atoms with Crippen molar-refractivity contribution in [3.8, 4) is 11.5 Å². The number of carboxylic acid groups (broad SMARTS) is 2. The van der Waals surface area contributed by atoms with Crippen LogP contribution in [-0.4, -0.2) is 32.4 Å². The van der Waals surface area contributed by atoms with E-state index in [4.69, 9.17) is 43.6 Å². The Hall–Kier alpha value is -1.82. The molecule has 0 aliphatic heterocycles. The van der Waals surface area contributed by atoms with Gasteiger partial charge in [0.1, 0.15) is 22.6 Å².